The van der Waals surface area contributed by atoms with Crippen LogP contribution in [0.4, 0.5) is 0 Å². The van der Waals surface area contributed by atoms with Gasteiger partial charge >= 0.3 is 0 Å². The molecule has 7 heteroatoms. The topological polar surface area (TPSA) is 52.5 Å². The SMILES string of the molecule is COc1ccc(C2=NN3[C@H](C2)c2cc(Br)ccc2O[C@@]32CCOC(C)(C)C2)cc1OC. The van der Waals surface area contributed by atoms with Crippen molar-refractivity contribution in [1.29, 1.82) is 0 Å². The van der Waals surface area contributed by atoms with E-state index in [9.17, 15) is 0 Å². The van der Waals surface area contributed by atoms with Crippen LogP contribution in [-0.4, -0.2) is 42.9 Å². The molecule has 1 saturated heterocycles. The van der Waals surface area contributed by atoms with Gasteiger partial charge in [0.15, 0.2) is 11.5 Å². The number of methoxy groups -OCH3 is 2. The molecule has 0 aliphatic carbocycles. The van der Waals surface area contributed by atoms with Crippen molar-refractivity contribution in [3.63, 3.8) is 0 Å². The number of benzene rings is 2. The van der Waals surface area contributed by atoms with Gasteiger partial charge in [0, 0.05) is 34.9 Å². The summed E-state index contributed by atoms with van der Waals surface area (Å²) in [4.78, 5) is 0. The highest BCUT2D eigenvalue weighted by Crippen LogP contribution is 2.52. The average molecular weight is 487 g/mol. The van der Waals surface area contributed by atoms with Crippen LogP contribution < -0.4 is 14.2 Å². The fraction of sp³-hybridized carbons (Fsp3) is 0.458. The minimum atomic E-state index is -0.522. The van der Waals surface area contributed by atoms with Gasteiger partial charge in [0.05, 0.1) is 38.2 Å². The van der Waals surface area contributed by atoms with Gasteiger partial charge in [-0.15, -0.1) is 0 Å². The minimum Gasteiger partial charge on any atom is -0.493 e. The van der Waals surface area contributed by atoms with Crippen LogP contribution in [0, 0.1) is 0 Å². The number of fused-ring (bicyclic) bond motifs is 4. The molecule has 2 atom stereocenters. The van der Waals surface area contributed by atoms with Crippen LogP contribution in [0.2, 0.25) is 0 Å². The van der Waals surface area contributed by atoms with E-state index < -0.39 is 5.72 Å². The Labute approximate surface area is 191 Å². The maximum atomic E-state index is 6.70. The minimum absolute atomic E-state index is 0.109. The van der Waals surface area contributed by atoms with Gasteiger partial charge < -0.3 is 18.9 Å². The van der Waals surface area contributed by atoms with Crippen molar-refractivity contribution in [2.45, 2.75) is 50.5 Å². The van der Waals surface area contributed by atoms with Crippen molar-refractivity contribution in [2.75, 3.05) is 20.8 Å². The number of hydrogen-bond donors (Lipinski definition) is 0. The summed E-state index contributed by atoms with van der Waals surface area (Å²) in [6.45, 7) is 4.89. The number of halogens is 1. The Bertz CT molecular complexity index is 1050. The lowest BCUT2D eigenvalue weighted by atomic mass is 9.86. The summed E-state index contributed by atoms with van der Waals surface area (Å²) in [5.74, 6) is 2.35. The second-order valence-corrected chi connectivity index (χ2v) is 9.86. The highest BCUT2D eigenvalue weighted by Gasteiger charge is 2.54. The molecule has 1 fully saturated rings. The van der Waals surface area contributed by atoms with E-state index in [1.165, 1.54) is 0 Å². The van der Waals surface area contributed by atoms with E-state index in [-0.39, 0.29) is 11.6 Å². The monoisotopic (exact) mass is 486 g/mol. The second kappa shape index (κ2) is 7.41. The molecule has 0 amide bonds. The predicted octanol–water partition coefficient (Wildman–Crippen LogP) is 5.30. The first-order chi connectivity index (χ1) is 14.8. The molecule has 5 rings (SSSR count). The van der Waals surface area contributed by atoms with Gasteiger partial charge in [-0.1, -0.05) is 15.9 Å². The molecule has 0 bridgehead atoms. The molecule has 0 aromatic heterocycles. The van der Waals surface area contributed by atoms with Gasteiger partial charge in [-0.2, -0.15) is 5.10 Å². The average Bonchev–Trinajstić information content (AvgIpc) is 3.20. The molecule has 3 aliphatic rings. The molecule has 164 valence electrons. The van der Waals surface area contributed by atoms with Gasteiger partial charge in [0.1, 0.15) is 5.75 Å². The Morgan fingerprint density at radius 3 is 2.65 bits per heavy atom. The van der Waals surface area contributed by atoms with Crippen LogP contribution in [0.5, 0.6) is 17.2 Å². The lowest BCUT2D eigenvalue weighted by Crippen LogP contribution is -2.60. The van der Waals surface area contributed by atoms with Crippen LogP contribution >= 0.6 is 15.9 Å². The summed E-state index contributed by atoms with van der Waals surface area (Å²) in [7, 11) is 3.30. The van der Waals surface area contributed by atoms with E-state index in [0.29, 0.717) is 18.1 Å². The zero-order valence-corrected chi connectivity index (χ0v) is 19.9. The third-order valence-electron chi connectivity index (χ3n) is 6.36. The summed E-state index contributed by atoms with van der Waals surface area (Å²) in [5.41, 5.74) is 2.41. The zero-order valence-electron chi connectivity index (χ0n) is 18.3. The zero-order chi connectivity index (χ0) is 21.8. The van der Waals surface area contributed by atoms with E-state index in [2.05, 4.69) is 46.9 Å². The van der Waals surface area contributed by atoms with E-state index in [4.69, 9.17) is 24.0 Å². The standard InChI is InChI=1S/C24H27BrN2O4/c1-23(2)14-24(9-10-30-23)27-19(17-12-16(25)6-8-20(17)31-24)13-18(26-27)15-5-7-21(28-3)22(11-15)29-4/h5-8,11-12,19H,9-10,13-14H2,1-4H3/t19-,24-/m1/s1. The Morgan fingerprint density at radius 1 is 1.10 bits per heavy atom. The molecule has 2 aromatic carbocycles. The van der Waals surface area contributed by atoms with Gasteiger partial charge in [-0.25, -0.2) is 5.01 Å². The Morgan fingerprint density at radius 2 is 1.90 bits per heavy atom. The van der Waals surface area contributed by atoms with Crippen LogP contribution in [0.15, 0.2) is 46.0 Å². The largest absolute Gasteiger partial charge is 0.493 e. The Kier molecular flexibility index (Phi) is 4.94. The number of nitrogens with zero attached hydrogens (tertiary/aromatic N) is 2. The van der Waals surface area contributed by atoms with E-state index >= 15 is 0 Å². The van der Waals surface area contributed by atoms with Crippen molar-refractivity contribution < 1.29 is 18.9 Å². The summed E-state index contributed by atoms with van der Waals surface area (Å²) < 4.78 is 24.7. The van der Waals surface area contributed by atoms with Gasteiger partial charge in [-0.3, -0.25) is 0 Å². The normalized spacial score (nSPS) is 26.0. The summed E-state index contributed by atoms with van der Waals surface area (Å²) >= 11 is 3.63. The van der Waals surface area contributed by atoms with Crippen molar-refractivity contribution in [1.82, 2.24) is 5.01 Å². The molecule has 6 nitrogen and oxygen atoms in total. The number of hydrazone groups is 1. The summed E-state index contributed by atoms with van der Waals surface area (Å²) in [5, 5.41) is 7.33. The van der Waals surface area contributed by atoms with E-state index in [0.717, 1.165) is 46.3 Å². The predicted molar refractivity (Wildman–Crippen MR) is 122 cm³/mol. The maximum absolute atomic E-state index is 6.70. The smallest absolute Gasteiger partial charge is 0.203 e. The molecule has 31 heavy (non-hydrogen) atoms. The number of ether oxygens (including phenoxy) is 4. The molecular formula is C24H27BrN2O4. The summed E-state index contributed by atoms with van der Waals surface area (Å²) in [6.07, 6.45) is 2.31. The first-order valence-electron chi connectivity index (χ1n) is 10.6. The van der Waals surface area contributed by atoms with Crippen LogP contribution in [-0.2, 0) is 4.74 Å². The molecule has 0 unspecified atom stereocenters. The molecular weight excluding hydrogens is 460 g/mol. The van der Waals surface area contributed by atoms with Crippen LogP contribution in [0.3, 0.4) is 0 Å². The highest BCUT2D eigenvalue weighted by atomic mass is 79.9. The van der Waals surface area contributed by atoms with Crippen molar-refractivity contribution in [3.8, 4) is 17.2 Å². The molecule has 3 heterocycles. The second-order valence-electron chi connectivity index (χ2n) is 8.95. The summed E-state index contributed by atoms with van der Waals surface area (Å²) in [6, 6.07) is 12.3. The highest BCUT2D eigenvalue weighted by molar-refractivity contribution is 9.10. The molecule has 0 N–H and O–H groups in total. The van der Waals surface area contributed by atoms with Crippen molar-refractivity contribution in [2.24, 2.45) is 5.10 Å². The fourth-order valence-electron chi connectivity index (χ4n) is 5.02. The lowest BCUT2D eigenvalue weighted by molar-refractivity contribution is -0.212. The maximum Gasteiger partial charge on any atom is 0.203 e. The van der Waals surface area contributed by atoms with E-state index in [1.807, 2.05) is 24.3 Å². The first-order valence-corrected chi connectivity index (χ1v) is 11.4. The Balaban J connectivity index is 1.60. The van der Waals surface area contributed by atoms with Crippen molar-refractivity contribution in [3.05, 3.63) is 52.0 Å². The number of rotatable bonds is 3. The van der Waals surface area contributed by atoms with Gasteiger partial charge in [-0.05, 0) is 50.2 Å². The fourth-order valence-corrected chi connectivity index (χ4v) is 5.40. The third-order valence-corrected chi connectivity index (χ3v) is 6.86. The Hall–Kier alpha value is -2.25. The quantitative estimate of drug-likeness (QED) is 0.589. The van der Waals surface area contributed by atoms with Gasteiger partial charge in [0.25, 0.3) is 0 Å². The molecule has 1 spiro atoms. The molecule has 0 saturated carbocycles. The molecule has 3 aliphatic heterocycles. The molecule has 0 radical (unpaired) electrons. The van der Waals surface area contributed by atoms with Crippen LogP contribution in [0.1, 0.15) is 50.3 Å². The molecule has 2 aromatic rings. The number of hydrogen-bond acceptors (Lipinski definition) is 6. The van der Waals surface area contributed by atoms with Gasteiger partial charge in [0.2, 0.25) is 5.72 Å². The van der Waals surface area contributed by atoms with E-state index in [1.54, 1.807) is 14.2 Å². The third kappa shape index (κ3) is 3.48. The first kappa shape index (κ1) is 20.6. The van der Waals surface area contributed by atoms with Crippen molar-refractivity contribution >= 4 is 21.6 Å². The van der Waals surface area contributed by atoms with Crippen LogP contribution in [0.25, 0.3) is 0 Å². The lowest BCUT2D eigenvalue weighted by Gasteiger charge is -2.52.